The Morgan fingerprint density at radius 1 is 1.19 bits per heavy atom. The van der Waals surface area contributed by atoms with Crippen molar-refractivity contribution in [2.45, 2.75) is 44.2 Å². The molecule has 0 amide bonds. The van der Waals surface area contributed by atoms with Gasteiger partial charge in [-0.2, -0.15) is 4.31 Å². The minimum Gasteiger partial charge on any atom is -0.377 e. The average molecular weight is 455 g/mol. The van der Waals surface area contributed by atoms with Gasteiger partial charge in [-0.15, -0.1) is 0 Å². The highest BCUT2D eigenvalue weighted by atomic mass is 32.2. The van der Waals surface area contributed by atoms with Gasteiger partial charge in [-0.05, 0) is 61.9 Å². The number of hydrogen-bond acceptors (Lipinski definition) is 5. The zero-order valence-electron chi connectivity index (χ0n) is 18.1. The highest BCUT2D eigenvalue weighted by molar-refractivity contribution is 7.89. The molecule has 4 rings (SSSR count). The van der Waals surface area contributed by atoms with Crippen molar-refractivity contribution in [1.82, 2.24) is 9.29 Å². The summed E-state index contributed by atoms with van der Waals surface area (Å²) in [5.74, 6) is -0.214. The molecule has 2 heterocycles. The number of ether oxygens (including phenoxy) is 1. The third-order valence-electron chi connectivity index (χ3n) is 5.73. The minimum atomic E-state index is -3.97. The fourth-order valence-electron chi connectivity index (χ4n) is 3.96. The molecule has 0 aliphatic carbocycles. The second kappa shape index (κ2) is 8.97. The normalized spacial score (nSPS) is 16.7. The third-order valence-corrected chi connectivity index (χ3v) is 7.54. The van der Waals surface area contributed by atoms with Crippen molar-refractivity contribution < 1.29 is 17.9 Å². The van der Waals surface area contributed by atoms with Crippen LogP contribution in [0.4, 0.5) is 0 Å². The number of aromatic nitrogens is 1. The molecule has 7 nitrogen and oxygen atoms in total. The van der Waals surface area contributed by atoms with Crippen LogP contribution < -0.4 is 5.56 Å². The van der Waals surface area contributed by atoms with E-state index in [2.05, 4.69) is 4.98 Å². The molecular formula is C24H26N2O5S. The number of aryl methyl sites for hydroxylation is 1. The van der Waals surface area contributed by atoms with Crippen molar-refractivity contribution in [2.75, 3.05) is 13.2 Å². The summed E-state index contributed by atoms with van der Waals surface area (Å²) in [5, 5.41) is 0.832. The lowest BCUT2D eigenvalue weighted by Gasteiger charge is -2.25. The van der Waals surface area contributed by atoms with E-state index in [9.17, 15) is 18.0 Å². The molecule has 3 aromatic rings. The van der Waals surface area contributed by atoms with Crippen LogP contribution in [0.2, 0.25) is 0 Å². The van der Waals surface area contributed by atoms with E-state index >= 15 is 0 Å². The summed E-state index contributed by atoms with van der Waals surface area (Å²) < 4.78 is 34.1. The first-order valence-corrected chi connectivity index (χ1v) is 12.0. The van der Waals surface area contributed by atoms with Gasteiger partial charge in [0.05, 0.1) is 11.0 Å². The van der Waals surface area contributed by atoms with Crippen LogP contribution in [0.15, 0.2) is 58.2 Å². The largest absolute Gasteiger partial charge is 0.377 e. The van der Waals surface area contributed by atoms with Gasteiger partial charge in [0.1, 0.15) is 0 Å². The summed E-state index contributed by atoms with van der Waals surface area (Å²) in [6.45, 7) is 3.97. The minimum absolute atomic E-state index is 0.0241. The van der Waals surface area contributed by atoms with Crippen LogP contribution in [-0.4, -0.2) is 42.7 Å². The molecule has 0 bridgehead atoms. The van der Waals surface area contributed by atoms with E-state index in [1.54, 1.807) is 18.2 Å². The maximum Gasteiger partial charge on any atom is 0.252 e. The molecule has 2 aromatic carbocycles. The van der Waals surface area contributed by atoms with Gasteiger partial charge in [0, 0.05) is 36.3 Å². The highest BCUT2D eigenvalue weighted by Crippen LogP contribution is 2.23. The quantitative estimate of drug-likeness (QED) is 0.552. The van der Waals surface area contributed by atoms with E-state index in [4.69, 9.17) is 4.74 Å². The van der Waals surface area contributed by atoms with Crippen LogP contribution >= 0.6 is 0 Å². The van der Waals surface area contributed by atoms with Crippen LogP contribution in [0, 0.1) is 6.92 Å². The van der Waals surface area contributed by atoms with E-state index in [0.29, 0.717) is 23.3 Å². The number of benzene rings is 2. The van der Waals surface area contributed by atoms with Crippen molar-refractivity contribution in [3.8, 4) is 0 Å². The first kappa shape index (κ1) is 22.4. The number of carbonyl (C=O) groups excluding carboxylic acids is 1. The summed E-state index contributed by atoms with van der Waals surface area (Å²) in [6.07, 6.45) is 1.39. The van der Waals surface area contributed by atoms with E-state index < -0.39 is 10.0 Å². The van der Waals surface area contributed by atoms with Gasteiger partial charge in [-0.3, -0.25) is 9.59 Å². The smallest absolute Gasteiger partial charge is 0.252 e. The number of pyridine rings is 1. The molecule has 1 aromatic heterocycles. The second-order valence-electron chi connectivity index (χ2n) is 8.23. The molecule has 1 unspecified atom stereocenters. The predicted molar refractivity (Wildman–Crippen MR) is 122 cm³/mol. The first-order chi connectivity index (χ1) is 15.2. The number of aromatic amines is 1. The molecule has 1 fully saturated rings. The Balaban J connectivity index is 1.74. The molecule has 0 radical (unpaired) electrons. The zero-order chi connectivity index (χ0) is 22.9. The standard InChI is InChI=1S/C24H26N2O5S/c1-16-8-9-19-12-20(24(28)25-23(19)11-16)14-26(15-21-6-4-10-31-21)32(29,30)22-7-3-5-18(13-22)17(2)27/h3,5,7-9,11-13,21H,4,6,10,14-15H2,1-2H3,(H,25,28). The van der Waals surface area contributed by atoms with Gasteiger partial charge in [0.2, 0.25) is 10.0 Å². The van der Waals surface area contributed by atoms with E-state index in [1.807, 2.05) is 25.1 Å². The number of hydrogen-bond donors (Lipinski definition) is 1. The number of carbonyl (C=O) groups is 1. The van der Waals surface area contributed by atoms with Crippen molar-refractivity contribution in [2.24, 2.45) is 0 Å². The van der Waals surface area contributed by atoms with Crippen LogP contribution in [0.1, 0.15) is 41.3 Å². The molecule has 8 heteroatoms. The Morgan fingerprint density at radius 3 is 2.72 bits per heavy atom. The van der Waals surface area contributed by atoms with Crippen molar-refractivity contribution >= 4 is 26.7 Å². The summed E-state index contributed by atoms with van der Waals surface area (Å²) in [5.41, 5.74) is 2.08. The lowest BCUT2D eigenvalue weighted by molar-refractivity contribution is 0.0925. The first-order valence-electron chi connectivity index (χ1n) is 10.6. The Bertz CT molecular complexity index is 1320. The van der Waals surface area contributed by atoms with Crippen molar-refractivity contribution in [3.05, 3.63) is 75.6 Å². The zero-order valence-corrected chi connectivity index (χ0v) is 18.9. The lowest BCUT2D eigenvalue weighted by Crippen LogP contribution is -2.38. The molecule has 1 saturated heterocycles. The van der Waals surface area contributed by atoms with E-state index in [1.165, 1.54) is 23.4 Å². The van der Waals surface area contributed by atoms with Crippen LogP contribution in [0.25, 0.3) is 10.9 Å². The molecule has 0 saturated carbocycles. The molecule has 168 valence electrons. The SMILES string of the molecule is CC(=O)c1cccc(S(=O)(=O)N(Cc2cc3ccc(C)cc3[nH]c2=O)CC2CCCO2)c1. The van der Waals surface area contributed by atoms with E-state index in [0.717, 1.165) is 23.8 Å². The fraction of sp³-hybridized carbons (Fsp3) is 0.333. The number of nitrogens with one attached hydrogen (secondary N) is 1. The van der Waals surface area contributed by atoms with Crippen molar-refractivity contribution in [3.63, 3.8) is 0 Å². The van der Waals surface area contributed by atoms with Gasteiger partial charge in [0.15, 0.2) is 5.78 Å². The number of rotatable bonds is 7. The molecule has 1 aliphatic heterocycles. The molecule has 1 aliphatic rings. The lowest BCUT2D eigenvalue weighted by atomic mass is 10.1. The molecule has 0 spiro atoms. The van der Waals surface area contributed by atoms with Gasteiger partial charge in [-0.25, -0.2) is 8.42 Å². The Hall–Kier alpha value is -2.81. The topological polar surface area (TPSA) is 96.5 Å². The molecule has 32 heavy (non-hydrogen) atoms. The monoisotopic (exact) mass is 454 g/mol. The summed E-state index contributed by atoms with van der Waals surface area (Å²) >= 11 is 0. The summed E-state index contributed by atoms with van der Waals surface area (Å²) in [7, 11) is -3.97. The Labute approximate surface area is 187 Å². The van der Waals surface area contributed by atoms with Gasteiger partial charge in [-0.1, -0.05) is 24.3 Å². The number of nitrogens with zero attached hydrogens (tertiary/aromatic N) is 1. The third kappa shape index (κ3) is 4.67. The average Bonchev–Trinajstić information content (AvgIpc) is 3.27. The van der Waals surface area contributed by atoms with Crippen LogP contribution in [0.5, 0.6) is 0 Å². The van der Waals surface area contributed by atoms with Crippen LogP contribution in [-0.2, 0) is 21.3 Å². The Morgan fingerprint density at radius 2 is 2.00 bits per heavy atom. The van der Waals surface area contributed by atoms with Crippen molar-refractivity contribution in [1.29, 1.82) is 0 Å². The Kier molecular flexibility index (Phi) is 6.28. The highest BCUT2D eigenvalue weighted by Gasteiger charge is 2.30. The summed E-state index contributed by atoms with van der Waals surface area (Å²) in [6, 6.07) is 13.5. The fourth-order valence-corrected chi connectivity index (χ4v) is 5.45. The summed E-state index contributed by atoms with van der Waals surface area (Å²) in [4.78, 5) is 27.4. The van der Waals surface area contributed by atoms with E-state index in [-0.39, 0.29) is 35.4 Å². The second-order valence-corrected chi connectivity index (χ2v) is 10.2. The number of H-pyrrole nitrogens is 1. The van der Waals surface area contributed by atoms with Gasteiger partial charge < -0.3 is 9.72 Å². The number of Topliss-reactive ketones (excluding diaryl/α,β-unsaturated/α-hetero) is 1. The molecule has 1 N–H and O–H groups in total. The number of sulfonamides is 1. The van der Waals surface area contributed by atoms with Gasteiger partial charge >= 0.3 is 0 Å². The molecular weight excluding hydrogens is 428 g/mol. The maximum atomic E-state index is 13.6. The number of ketones is 1. The van der Waals surface area contributed by atoms with Gasteiger partial charge in [0.25, 0.3) is 5.56 Å². The maximum absolute atomic E-state index is 13.6. The number of fused-ring (bicyclic) bond motifs is 1. The molecule has 1 atom stereocenters. The predicted octanol–water partition coefficient (Wildman–Crippen LogP) is 3.41. The van der Waals surface area contributed by atoms with Crippen LogP contribution in [0.3, 0.4) is 0 Å².